The molecular formula is C97H162O25. The van der Waals surface area contributed by atoms with Gasteiger partial charge in [0.25, 0.3) is 0 Å². The molecule has 0 aromatic heterocycles. The highest BCUT2D eigenvalue weighted by molar-refractivity contribution is 5.96. The van der Waals surface area contributed by atoms with Gasteiger partial charge in [-0.2, -0.15) is 0 Å². The largest absolute Gasteiger partial charge is 0.465 e. The lowest BCUT2D eigenvalue weighted by molar-refractivity contribution is -0.318. The van der Waals surface area contributed by atoms with Gasteiger partial charge in [-0.1, -0.05) is 132 Å². The van der Waals surface area contributed by atoms with Crippen molar-refractivity contribution in [1.82, 2.24) is 0 Å². The Labute approximate surface area is 731 Å². The van der Waals surface area contributed by atoms with E-state index in [0.29, 0.717) is 87.5 Å². The highest BCUT2D eigenvalue weighted by atomic mass is 16.7. The fraction of sp³-hybridized carbons (Fsp3) is 0.918. The summed E-state index contributed by atoms with van der Waals surface area (Å²) in [7, 11) is 0. The summed E-state index contributed by atoms with van der Waals surface area (Å²) < 4.78 is 100. The summed E-state index contributed by atoms with van der Waals surface area (Å²) in [5, 5.41) is 0. The van der Waals surface area contributed by atoms with E-state index in [9.17, 15) is 38.4 Å². The van der Waals surface area contributed by atoms with Crippen molar-refractivity contribution in [3.05, 3.63) is 0 Å². The van der Waals surface area contributed by atoms with E-state index in [1.165, 1.54) is 6.42 Å². The average molecular weight is 1730 g/mol. The number of rotatable bonds is 27. The first-order chi connectivity index (χ1) is 56.1. The molecule has 0 aromatic rings. The highest BCUT2D eigenvalue weighted by Gasteiger charge is 2.70. The second-order valence-corrected chi connectivity index (χ2v) is 47.2. The van der Waals surface area contributed by atoms with Crippen LogP contribution < -0.4 is 0 Å². The predicted molar refractivity (Wildman–Crippen MR) is 456 cm³/mol. The fourth-order valence-electron chi connectivity index (χ4n) is 21.8. The number of hydrogen-bond acceptors (Lipinski definition) is 25. The van der Waals surface area contributed by atoms with Crippen LogP contribution in [0.2, 0.25) is 0 Å². The van der Waals surface area contributed by atoms with Gasteiger partial charge in [-0.15, -0.1) is 0 Å². The molecule has 0 aromatic carbocycles. The summed E-state index contributed by atoms with van der Waals surface area (Å²) >= 11 is 0. The quantitative estimate of drug-likeness (QED) is 0.0243. The van der Waals surface area contributed by atoms with Crippen LogP contribution in [0.4, 0.5) is 0 Å². The second kappa shape index (κ2) is 38.4. The van der Waals surface area contributed by atoms with E-state index in [0.717, 1.165) is 116 Å². The Morgan fingerprint density at radius 1 is 0.385 bits per heavy atom. The molecule has 122 heavy (non-hydrogen) atoms. The van der Waals surface area contributed by atoms with Gasteiger partial charge in [-0.25, -0.2) is 0 Å². The molecule has 17 atom stereocenters. The van der Waals surface area contributed by atoms with Gasteiger partial charge in [-0.05, 0) is 211 Å². The Morgan fingerprint density at radius 2 is 0.689 bits per heavy atom. The monoisotopic (exact) mass is 1730 g/mol. The number of hydrogen-bond donors (Lipinski definition) is 0. The van der Waals surface area contributed by atoms with Gasteiger partial charge in [0.1, 0.15) is 50.8 Å². The molecular weight excluding hydrogens is 1570 g/mol. The van der Waals surface area contributed by atoms with Crippen LogP contribution in [-0.4, -0.2) is 176 Å². The zero-order valence-electron chi connectivity index (χ0n) is 80.6. The number of ether oxygens (including phenoxy) is 17. The topological polar surface area (TPSA) is 293 Å². The molecule has 25 nitrogen and oxygen atoms in total. The van der Waals surface area contributed by atoms with Crippen molar-refractivity contribution in [2.45, 2.75) is 404 Å². The van der Waals surface area contributed by atoms with Crippen LogP contribution in [0.3, 0.4) is 0 Å². The van der Waals surface area contributed by atoms with Crippen LogP contribution in [0.15, 0.2) is 0 Å². The van der Waals surface area contributed by atoms with Crippen molar-refractivity contribution in [3.63, 3.8) is 0 Å². The lowest BCUT2D eigenvalue weighted by atomic mass is 9.50. The number of carbonyl (C=O) groups excluding carboxylic acids is 8. The summed E-state index contributed by atoms with van der Waals surface area (Å²) in [4.78, 5) is 92.4. The number of fused-ring (bicyclic) bond motifs is 5. The van der Waals surface area contributed by atoms with Crippen LogP contribution >= 0.6 is 0 Å². The molecule has 0 N–H and O–H groups in total. The molecule has 25 heteroatoms. The molecule has 17 unspecified atom stereocenters. The standard InChI is InChI=1S/C28H50O6.C26H46O6.C21H36O4.C10H14O3.2C6H8O3/c1-10-25(8,9)22(29)34-28-13-21-11-26(15-28,32-19-30-17-23(2,3)4)14-27(12-21,16-28)33-20-31-18-24(5,6)7;1-10-23(8,9)20(27)32-26-13-19-11-24(15-26,30-17-28-21(2,3)4)14-25(12-19,16-26)31-18-29-22(5,6)7;1-6-15(2)18(22)25-21-10-16-7-17(11-21)9-20(8-16,12-21)24-14-23-13-19(3,4)5;1-4-5(2)9-7-6(8(4)13-9)3-12-10(7)11;2*1-3-4(2)6(8)9-5(3)7/h21H,10-20H2,1-9H3;19H,10-18H2,1-9H3;15-17H,6-14H2,1-5H3;4-9H,3H2,1-2H3;2*3-4H,1-2H3. The molecule has 12 saturated carbocycles. The molecule has 5 heterocycles. The Balaban J connectivity index is 0.000000177. The molecule has 0 radical (unpaired) electrons. The van der Waals surface area contributed by atoms with Gasteiger partial charge < -0.3 is 80.5 Å². The van der Waals surface area contributed by atoms with Crippen LogP contribution in [0.1, 0.15) is 336 Å². The summed E-state index contributed by atoms with van der Waals surface area (Å²) in [6.07, 6.45) is 19.2. The van der Waals surface area contributed by atoms with Crippen LogP contribution in [0.5, 0.6) is 0 Å². The van der Waals surface area contributed by atoms with E-state index in [1.54, 1.807) is 27.7 Å². The lowest BCUT2D eigenvalue weighted by Gasteiger charge is -2.64. The van der Waals surface area contributed by atoms with E-state index in [2.05, 4.69) is 85.6 Å². The van der Waals surface area contributed by atoms with E-state index < -0.39 is 68.3 Å². The smallest absolute Gasteiger partial charge is 0.317 e. The summed E-state index contributed by atoms with van der Waals surface area (Å²) in [5.41, 5.74) is -4.33. The van der Waals surface area contributed by atoms with E-state index in [-0.39, 0.29) is 137 Å². The van der Waals surface area contributed by atoms with Crippen molar-refractivity contribution in [2.24, 2.45) is 104 Å². The van der Waals surface area contributed by atoms with Gasteiger partial charge in [0.05, 0.1) is 124 Å². The number of carbonyl (C=O) groups is 8. The van der Waals surface area contributed by atoms with Crippen LogP contribution in [-0.2, 0) is 119 Å². The minimum Gasteiger partial charge on any atom is -0.465 e. The molecule has 12 aliphatic carbocycles. The van der Waals surface area contributed by atoms with Gasteiger partial charge in [0, 0.05) is 50.9 Å². The number of cyclic esters (lactones) is 5. The van der Waals surface area contributed by atoms with Gasteiger partial charge >= 0.3 is 47.8 Å². The molecule has 17 fully saturated rings. The normalized spacial score (nSPS) is 37.5. The highest BCUT2D eigenvalue weighted by Crippen LogP contribution is 2.66. The van der Waals surface area contributed by atoms with E-state index in [1.807, 2.05) is 96.9 Å². The van der Waals surface area contributed by atoms with Crippen molar-refractivity contribution < 1.29 is 119 Å². The summed E-state index contributed by atoms with van der Waals surface area (Å²) in [6, 6.07) is 0. The van der Waals surface area contributed by atoms with E-state index in [4.69, 9.17) is 71.1 Å². The Bertz CT molecular complexity index is 3440. The second-order valence-electron chi connectivity index (χ2n) is 47.2. The molecule has 14 bridgehead atoms. The summed E-state index contributed by atoms with van der Waals surface area (Å²) in [6.45, 7) is 62.6. The maximum atomic E-state index is 13.2. The first-order valence-corrected chi connectivity index (χ1v) is 46.4. The molecule has 0 amide bonds. The Kier molecular flexibility index (Phi) is 31.9. The minimum absolute atomic E-state index is 0.0139. The van der Waals surface area contributed by atoms with Crippen LogP contribution in [0, 0.1) is 104 Å². The molecule has 17 aliphatic rings. The Morgan fingerprint density at radius 3 is 1.01 bits per heavy atom. The zero-order chi connectivity index (χ0) is 91.0. The third-order valence-electron chi connectivity index (χ3n) is 28.8. The van der Waals surface area contributed by atoms with Crippen LogP contribution in [0.25, 0.3) is 0 Å². The van der Waals surface area contributed by atoms with Crippen molar-refractivity contribution in [1.29, 1.82) is 0 Å². The maximum Gasteiger partial charge on any atom is 0.317 e. The minimum atomic E-state index is -0.549. The molecule has 0 spiro atoms. The van der Waals surface area contributed by atoms with Crippen molar-refractivity contribution in [2.75, 3.05) is 60.4 Å². The van der Waals surface area contributed by atoms with Crippen molar-refractivity contribution in [3.8, 4) is 0 Å². The fourth-order valence-corrected chi connectivity index (χ4v) is 21.8. The lowest BCUT2D eigenvalue weighted by Crippen LogP contribution is -2.68. The summed E-state index contributed by atoms with van der Waals surface area (Å²) in [5.74, 6) is 0.663. The maximum absolute atomic E-state index is 13.2. The molecule has 5 saturated heterocycles. The van der Waals surface area contributed by atoms with E-state index >= 15 is 0 Å². The third kappa shape index (κ3) is 25.9. The molecule has 700 valence electrons. The van der Waals surface area contributed by atoms with Crippen molar-refractivity contribution >= 4 is 47.8 Å². The number of esters is 8. The Hall–Kier alpha value is -4.28. The SMILES string of the molecule is CC1C(=O)OC(=O)C1C.CC1C(=O)OC(=O)C1C.CC1C(C)C2OC1C1COC(=O)C12.CCC(C)(C)C(=O)OC12CC3CC(OCOC(C)(C)C)(CC(OCOC(C)(C)C)(C3)C1)C2.CCC(C)(C)C(=O)OC12CC3CC(OCOCC(C)(C)C)(CC(OCOCC(C)(C)C)(C3)C1)C2.CCC(C)C(=O)OC12CC3CC(CC(OCOCC(C)(C)C)(C3)C1)C2. The zero-order valence-corrected chi connectivity index (χ0v) is 80.6. The van der Waals surface area contributed by atoms with Gasteiger partial charge in [-0.3, -0.25) is 38.4 Å². The average Bonchev–Trinajstić information content (AvgIpc) is 1.17. The first-order valence-electron chi connectivity index (χ1n) is 46.4. The van der Waals surface area contributed by atoms with Gasteiger partial charge in [0.15, 0.2) is 0 Å². The first kappa shape index (κ1) is 101. The molecule has 17 rings (SSSR count). The predicted octanol–water partition coefficient (Wildman–Crippen LogP) is 18.2. The van der Waals surface area contributed by atoms with Gasteiger partial charge in [0.2, 0.25) is 0 Å². The third-order valence-corrected chi connectivity index (χ3v) is 28.8. The molecule has 5 aliphatic heterocycles.